The lowest BCUT2D eigenvalue weighted by molar-refractivity contribution is 0.369. The van der Waals surface area contributed by atoms with E-state index in [1.165, 1.54) is 10.9 Å². The fraction of sp³-hybridized carbons (Fsp3) is 0.182. The molecule has 5 rings (SSSR count). The van der Waals surface area contributed by atoms with Gasteiger partial charge in [-0.2, -0.15) is 4.98 Å². The fourth-order valence-electron chi connectivity index (χ4n) is 3.33. The van der Waals surface area contributed by atoms with Crippen LogP contribution in [0.25, 0.3) is 22.6 Å². The molecule has 2 aromatic carbocycles. The Bertz CT molecular complexity index is 1450. The van der Waals surface area contributed by atoms with Gasteiger partial charge < -0.3 is 9.26 Å². The first kappa shape index (κ1) is 19.6. The van der Waals surface area contributed by atoms with Crippen molar-refractivity contribution >= 4 is 11.2 Å². The molecular formula is C22H19N7O3. The van der Waals surface area contributed by atoms with E-state index >= 15 is 0 Å². The molecule has 0 spiro atoms. The molecular weight excluding hydrogens is 410 g/mol. The molecule has 0 saturated carbocycles. The molecule has 0 bridgehead atoms. The summed E-state index contributed by atoms with van der Waals surface area (Å²) >= 11 is 0. The number of aromatic nitrogens is 7. The minimum atomic E-state index is -0.332. The highest BCUT2D eigenvalue weighted by atomic mass is 16.5. The summed E-state index contributed by atoms with van der Waals surface area (Å²) in [5.41, 5.74) is 3.18. The second kappa shape index (κ2) is 8.06. The van der Waals surface area contributed by atoms with E-state index in [0.29, 0.717) is 23.9 Å². The van der Waals surface area contributed by atoms with Crippen LogP contribution in [0.1, 0.15) is 17.0 Å². The van der Waals surface area contributed by atoms with Gasteiger partial charge in [0.25, 0.3) is 5.56 Å². The summed E-state index contributed by atoms with van der Waals surface area (Å²) in [7, 11) is 1.61. The van der Waals surface area contributed by atoms with Gasteiger partial charge in [0.2, 0.25) is 11.7 Å². The van der Waals surface area contributed by atoms with Gasteiger partial charge in [-0.3, -0.25) is 9.36 Å². The predicted octanol–water partition coefficient (Wildman–Crippen LogP) is 2.45. The molecule has 0 N–H and O–H groups in total. The first-order valence-electron chi connectivity index (χ1n) is 9.92. The van der Waals surface area contributed by atoms with E-state index in [2.05, 4.69) is 25.4 Å². The number of rotatable bonds is 6. The molecule has 3 aromatic heterocycles. The standard InChI is InChI=1S/C22H19N7O3/c1-14-6-8-16(9-7-14)20-24-18(32-26-20)12-28-13-23-21-19(22(28)30)25-27-29(21)11-15-4-3-5-17(10-15)31-2/h3-10,13H,11-12H2,1-2H3. The van der Waals surface area contributed by atoms with Crippen LogP contribution in [0.2, 0.25) is 0 Å². The molecule has 0 unspecified atom stereocenters. The van der Waals surface area contributed by atoms with Crippen molar-refractivity contribution in [2.75, 3.05) is 7.11 Å². The minimum absolute atomic E-state index is 0.0867. The summed E-state index contributed by atoms with van der Waals surface area (Å²) in [5, 5.41) is 12.1. The van der Waals surface area contributed by atoms with Crippen LogP contribution in [0.15, 0.2) is 64.2 Å². The molecule has 10 nitrogen and oxygen atoms in total. The van der Waals surface area contributed by atoms with E-state index in [0.717, 1.165) is 22.4 Å². The number of nitrogens with zero attached hydrogens (tertiary/aromatic N) is 7. The monoisotopic (exact) mass is 429 g/mol. The van der Waals surface area contributed by atoms with Crippen molar-refractivity contribution < 1.29 is 9.26 Å². The molecule has 160 valence electrons. The van der Waals surface area contributed by atoms with E-state index < -0.39 is 0 Å². The maximum Gasteiger partial charge on any atom is 0.283 e. The first-order valence-corrected chi connectivity index (χ1v) is 9.92. The zero-order valence-corrected chi connectivity index (χ0v) is 17.5. The van der Waals surface area contributed by atoms with E-state index in [-0.39, 0.29) is 17.6 Å². The lowest BCUT2D eigenvalue weighted by Crippen LogP contribution is -2.21. The van der Waals surface area contributed by atoms with Gasteiger partial charge >= 0.3 is 0 Å². The molecule has 10 heteroatoms. The largest absolute Gasteiger partial charge is 0.497 e. The highest BCUT2D eigenvalue weighted by molar-refractivity contribution is 5.67. The Balaban J connectivity index is 1.40. The first-order chi connectivity index (χ1) is 15.6. The highest BCUT2D eigenvalue weighted by Gasteiger charge is 2.15. The summed E-state index contributed by atoms with van der Waals surface area (Å²) in [6, 6.07) is 15.4. The smallest absolute Gasteiger partial charge is 0.283 e. The van der Waals surface area contributed by atoms with Gasteiger partial charge in [0.1, 0.15) is 18.6 Å². The Morgan fingerprint density at radius 1 is 1.09 bits per heavy atom. The number of benzene rings is 2. The van der Waals surface area contributed by atoms with Gasteiger partial charge in [0, 0.05) is 5.56 Å². The molecule has 0 atom stereocenters. The summed E-state index contributed by atoms with van der Waals surface area (Å²) in [4.78, 5) is 21.7. The van der Waals surface area contributed by atoms with Crippen molar-refractivity contribution in [1.82, 2.24) is 34.7 Å². The Morgan fingerprint density at radius 3 is 2.75 bits per heavy atom. The lowest BCUT2D eigenvalue weighted by atomic mass is 10.1. The van der Waals surface area contributed by atoms with E-state index in [1.807, 2.05) is 55.5 Å². The number of hydrogen-bond acceptors (Lipinski definition) is 8. The molecule has 0 aliphatic carbocycles. The topological polar surface area (TPSA) is 114 Å². The number of fused-ring (bicyclic) bond motifs is 1. The Labute approximate surface area is 182 Å². The molecule has 0 fully saturated rings. The average Bonchev–Trinajstić information content (AvgIpc) is 3.44. The lowest BCUT2D eigenvalue weighted by Gasteiger charge is -2.05. The van der Waals surface area contributed by atoms with Crippen LogP contribution >= 0.6 is 0 Å². The molecule has 0 aliphatic heterocycles. The SMILES string of the molecule is COc1cccc(Cn2nnc3c(=O)n(Cc4nc(-c5ccc(C)cc5)no4)cnc32)c1. The number of aryl methyl sites for hydroxylation is 1. The van der Waals surface area contributed by atoms with Crippen molar-refractivity contribution in [3.05, 3.63) is 82.2 Å². The van der Waals surface area contributed by atoms with Crippen LogP contribution in [0.5, 0.6) is 5.75 Å². The van der Waals surface area contributed by atoms with E-state index in [4.69, 9.17) is 9.26 Å². The molecule has 5 aromatic rings. The van der Waals surface area contributed by atoms with E-state index in [1.54, 1.807) is 11.8 Å². The van der Waals surface area contributed by atoms with Crippen LogP contribution in [-0.4, -0.2) is 41.8 Å². The Morgan fingerprint density at radius 2 is 1.94 bits per heavy atom. The van der Waals surface area contributed by atoms with Crippen molar-refractivity contribution in [1.29, 1.82) is 0 Å². The Hall–Kier alpha value is -4.34. The predicted molar refractivity (Wildman–Crippen MR) is 115 cm³/mol. The molecule has 32 heavy (non-hydrogen) atoms. The Kier molecular flexibility index (Phi) is 4.94. The molecule has 0 radical (unpaired) electrons. The van der Waals surface area contributed by atoms with Crippen molar-refractivity contribution in [3.63, 3.8) is 0 Å². The summed E-state index contributed by atoms with van der Waals surface area (Å²) in [5.74, 6) is 1.51. The third-order valence-corrected chi connectivity index (χ3v) is 5.04. The third-order valence-electron chi connectivity index (χ3n) is 5.04. The van der Waals surface area contributed by atoms with Gasteiger partial charge in [-0.25, -0.2) is 9.67 Å². The molecule has 3 heterocycles. The molecule has 0 saturated heterocycles. The summed E-state index contributed by atoms with van der Waals surface area (Å²) in [6.07, 6.45) is 1.44. The van der Waals surface area contributed by atoms with Crippen LogP contribution < -0.4 is 10.3 Å². The second-order valence-electron chi connectivity index (χ2n) is 7.33. The zero-order chi connectivity index (χ0) is 22.1. The average molecular weight is 429 g/mol. The van der Waals surface area contributed by atoms with Crippen LogP contribution in [0.4, 0.5) is 0 Å². The normalized spacial score (nSPS) is 11.2. The summed E-state index contributed by atoms with van der Waals surface area (Å²) < 4.78 is 13.5. The van der Waals surface area contributed by atoms with Crippen molar-refractivity contribution in [3.8, 4) is 17.1 Å². The highest BCUT2D eigenvalue weighted by Crippen LogP contribution is 2.17. The second-order valence-corrected chi connectivity index (χ2v) is 7.33. The maximum absolute atomic E-state index is 12.9. The maximum atomic E-state index is 12.9. The van der Waals surface area contributed by atoms with Crippen molar-refractivity contribution in [2.45, 2.75) is 20.0 Å². The molecule has 0 amide bonds. The third kappa shape index (κ3) is 3.73. The van der Waals surface area contributed by atoms with Crippen molar-refractivity contribution in [2.24, 2.45) is 0 Å². The van der Waals surface area contributed by atoms with Crippen LogP contribution in [0, 0.1) is 6.92 Å². The fourth-order valence-corrected chi connectivity index (χ4v) is 3.33. The van der Waals surface area contributed by atoms with Gasteiger partial charge in [-0.05, 0) is 24.6 Å². The number of ether oxygens (including phenoxy) is 1. The zero-order valence-electron chi connectivity index (χ0n) is 17.5. The number of methoxy groups -OCH3 is 1. The minimum Gasteiger partial charge on any atom is -0.497 e. The summed E-state index contributed by atoms with van der Waals surface area (Å²) in [6.45, 7) is 2.50. The van der Waals surface area contributed by atoms with Gasteiger partial charge in [-0.1, -0.05) is 52.3 Å². The van der Waals surface area contributed by atoms with E-state index in [9.17, 15) is 4.79 Å². The van der Waals surface area contributed by atoms with Gasteiger partial charge in [-0.15, -0.1) is 5.10 Å². The molecule has 0 aliphatic rings. The van der Waals surface area contributed by atoms with Crippen LogP contribution in [0.3, 0.4) is 0 Å². The van der Waals surface area contributed by atoms with Gasteiger partial charge in [0.15, 0.2) is 11.2 Å². The van der Waals surface area contributed by atoms with Gasteiger partial charge in [0.05, 0.1) is 13.7 Å². The van der Waals surface area contributed by atoms with Crippen LogP contribution in [-0.2, 0) is 13.1 Å². The number of hydrogen-bond donors (Lipinski definition) is 0. The quantitative estimate of drug-likeness (QED) is 0.404.